The summed E-state index contributed by atoms with van der Waals surface area (Å²) in [5.74, 6) is 0.174. The average Bonchev–Trinajstić information content (AvgIpc) is 2.17. The molecule has 1 aromatic carbocycles. The third kappa shape index (κ3) is 1.36. The maximum absolute atomic E-state index is 11.0. The molecule has 1 unspecified atom stereocenters. The molecule has 4 heteroatoms. The quantitative estimate of drug-likeness (QED) is 0.685. The van der Waals surface area contributed by atoms with Gasteiger partial charge in [-0.25, -0.2) is 0 Å². The molecule has 0 fully saturated rings. The second-order valence-electron chi connectivity index (χ2n) is 2.75. The molecule has 0 spiro atoms. The minimum Gasteiger partial charge on any atom is -0.467 e. The Kier molecular flexibility index (Phi) is 1.90. The highest BCUT2D eigenvalue weighted by Gasteiger charge is 2.25. The first-order valence-electron chi connectivity index (χ1n) is 3.91. The third-order valence-corrected chi connectivity index (χ3v) is 1.91. The van der Waals surface area contributed by atoms with Gasteiger partial charge in [-0.1, -0.05) is 18.2 Å². The maximum Gasteiger partial charge on any atom is 0.251 e. The van der Waals surface area contributed by atoms with Crippen LogP contribution in [0.5, 0.6) is 5.75 Å². The van der Waals surface area contributed by atoms with Crippen molar-refractivity contribution in [3.63, 3.8) is 0 Å². The Morgan fingerprint density at radius 1 is 1.46 bits per heavy atom. The van der Waals surface area contributed by atoms with Gasteiger partial charge in [-0.2, -0.15) is 0 Å². The van der Waals surface area contributed by atoms with Gasteiger partial charge in [0.05, 0.1) is 0 Å². The van der Waals surface area contributed by atoms with Gasteiger partial charge < -0.3 is 15.2 Å². The van der Waals surface area contributed by atoms with Crippen LogP contribution in [0.15, 0.2) is 24.3 Å². The van der Waals surface area contributed by atoms with Crippen LogP contribution in [0.2, 0.25) is 0 Å². The Balaban J connectivity index is 2.42. The second kappa shape index (κ2) is 3.06. The average molecular weight is 179 g/mol. The normalized spacial score (nSPS) is 20.2. The highest BCUT2D eigenvalue weighted by atomic mass is 16.7. The SMILES string of the molecule is NC(=O)C1OCOc2ccccc21. The van der Waals surface area contributed by atoms with E-state index < -0.39 is 12.0 Å². The van der Waals surface area contributed by atoms with Crippen molar-refractivity contribution in [2.75, 3.05) is 6.79 Å². The molecule has 0 aromatic heterocycles. The lowest BCUT2D eigenvalue weighted by molar-refractivity contribution is -0.138. The van der Waals surface area contributed by atoms with Crippen LogP contribution in [0, 0.1) is 0 Å². The number of fused-ring (bicyclic) bond motifs is 1. The highest BCUT2D eigenvalue weighted by Crippen LogP contribution is 2.30. The predicted octanol–water partition coefficient (Wildman–Crippen LogP) is 0.579. The molecule has 0 radical (unpaired) electrons. The topological polar surface area (TPSA) is 61.6 Å². The Labute approximate surface area is 75.2 Å². The largest absolute Gasteiger partial charge is 0.467 e. The number of carbonyl (C=O) groups is 1. The van der Waals surface area contributed by atoms with Crippen LogP contribution in [0.4, 0.5) is 0 Å². The summed E-state index contributed by atoms with van der Waals surface area (Å²) in [6.45, 7) is 0.0740. The zero-order chi connectivity index (χ0) is 9.26. The summed E-state index contributed by atoms with van der Waals surface area (Å²) in [6, 6.07) is 7.20. The Bertz CT molecular complexity index is 337. The molecule has 1 aromatic rings. The van der Waals surface area contributed by atoms with Crippen LogP contribution in [0.3, 0.4) is 0 Å². The van der Waals surface area contributed by atoms with E-state index in [9.17, 15) is 4.79 Å². The molecule has 1 amide bonds. The van der Waals surface area contributed by atoms with Crippen molar-refractivity contribution in [3.05, 3.63) is 29.8 Å². The molecule has 1 atom stereocenters. The van der Waals surface area contributed by atoms with E-state index in [4.69, 9.17) is 15.2 Å². The molecule has 2 N–H and O–H groups in total. The first-order chi connectivity index (χ1) is 6.29. The summed E-state index contributed by atoms with van der Waals surface area (Å²) >= 11 is 0. The molecular formula is C9H9NO3. The Morgan fingerprint density at radius 3 is 3.00 bits per heavy atom. The molecule has 68 valence electrons. The first-order valence-corrected chi connectivity index (χ1v) is 3.91. The smallest absolute Gasteiger partial charge is 0.251 e. The van der Waals surface area contributed by atoms with Crippen molar-refractivity contribution in [1.29, 1.82) is 0 Å². The van der Waals surface area contributed by atoms with E-state index in [1.165, 1.54) is 0 Å². The number of hydrogen-bond donors (Lipinski definition) is 1. The summed E-state index contributed by atoms with van der Waals surface area (Å²) in [4.78, 5) is 11.0. The summed E-state index contributed by atoms with van der Waals surface area (Å²) in [5, 5.41) is 0. The number of rotatable bonds is 1. The van der Waals surface area contributed by atoms with Crippen molar-refractivity contribution in [2.45, 2.75) is 6.10 Å². The number of hydrogen-bond acceptors (Lipinski definition) is 3. The number of carbonyl (C=O) groups excluding carboxylic acids is 1. The van der Waals surface area contributed by atoms with Crippen molar-refractivity contribution in [3.8, 4) is 5.75 Å². The lowest BCUT2D eigenvalue weighted by atomic mass is 10.1. The number of benzene rings is 1. The second-order valence-corrected chi connectivity index (χ2v) is 2.75. The van der Waals surface area contributed by atoms with Gasteiger partial charge in [-0.15, -0.1) is 0 Å². The molecule has 1 heterocycles. The number of amides is 1. The van der Waals surface area contributed by atoms with Crippen LogP contribution in [0.1, 0.15) is 11.7 Å². The number of nitrogens with two attached hydrogens (primary N) is 1. The van der Waals surface area contributed by atoms with Gasteiger partial charge in [-0.05, 0) is 6.07 Å². The van der Waals surface area contributed by atoms with Crippen LogP contribution in [-0.4, -0.2) is 12.7 Å². The predicted molar refractivity (Wildman–Crippen MR) is 45.0 cm³/mol. The van der Waals surface area contributed by atoms with Gasteiger partial charge in [0.25, 0.3) is 5.91 Å². The first kappa shape index (κ1) is 8.07. The summed E-state index contributed by atoms with van der Waals surface area (Å²) in [5.41, 5.74) is 5.86. The number of para-hydroxylation sites is 1. The molecule has 13 heavy (non-hydrogen) atoms. The van der Waals surface area contributed by atoms with Gasteiger partial charge in [0.2, 0.25) is 0 Å². The van der Waals surface area contributed by atoms with Gasteiger partial charge >= 0.3 is 0 Å². The standard InChI is InChI=1S/C9H9NO3/c10-9(11)8-6-3-1-2-4-7(6)12-5-13-8/h1-4,8H,5H2,(H2,10,11). The van der Waals surface area contributed by atoms with Crippen LogP contribution < -0.4 is 10.5 Å². The van der Waals surface area contributed by atoms with Crippen LogP contribution >= 0.6 is 0 Å². The molecule has 2 rings (SSSR count). The lowest BCUT2D eigenvalue weighted by Crippen LogP contribution is -2.28. The number of primary amides is 1. The van der Waals surface area contributed by atoms with Gasteiger partial charge in [-0.3, -0.25) is 4.79 Å². The molecule has 0 bridgehead atoms. The van der Waals surface area contributed by atoms with Crippen molar-refractivity contribution in [2.24, 2.45) is 5.73 Å². The molecule has 0 saturated heterocycles. The van der Waals surface area contributed by atoms with Crippen LogP contribution in [0.25, 0.3) is 0 Å². The maximum atomic E-state index is 11.0. The van der Waals surface area contributed by atoms with Gasteiger partial charge in [0.1, 0.15) is 5.75 Å². The summed E-state index contributed by atoms with van der Waals surface area (Å²) in [7, 11) is 0. The minimum absolute atomic E-state index is 0.0740. The molecule has 4 nitrogen and oxygen atoms in total. The van der Waals surface area contributed by atoms with E-state index in [0.29, 0.717) is 11.3 Å². The Morgan fingerprint density at radius 2 is 2.23 bits per heavy atom. The lowest BCUT2D eigenvalue weighted by Gasteiger charge is -2.23. The number of ether oxygens (including phenoxy) is 2. The molecule has 0 saturated carbocycles. The molecule has 1 aliphatic heterocycles. The van der Waals surface area contributed by atoms with Crippen molar-refractivity contribution >= 4 is 5.91 Å². The van der Waals surface area contributed by atoms with E-state index >= 15 is 0 Å². The van der Waals surface area contributed by atoms with Crippen molar-refractivity contribution in [1.82, 2.24) is 0 Å². The summed E-state index contributed by atoms with van der Waals surface area (Å²) in [6.07, 6.45) is -0.676. The highest BCUT2D eigenvalue weighted by molar-refractivity contribution is 5.81. The van der Waals surface area contributed by atoms with Crippen LogP contribution in [-0.2, 0) is 9.53 Å². The van der Waals surface area contributed by atoms with E-state index in [2.05, 4.69) is 0 Å². The van der Waals surface area contributed by atoms with Gasteiger partial charge in [0.15, 0.2) is 12.9 Å². The molecule has 0 aliphatic carbocycles. The van der Waals surface area contributed by atoms with E-state index in [1.54, 1.807) is 12.1 Å². The fourth-order valence-electron chi connectivity index (χ4n) is 1.32. The van der Waals surface area contributed by atoms with Gasteiger partial charge in [0, 0.05) is 5.56 Å². The molecular weight excluding hydrogens is 170 g/mol. The minimum atomic E-state index is -0.676. The van der Waals surface area contributed by atoms with Crippen molar-refractivity contribution < 1.29 is 14.3 Å². The van der Waals surface area contributed by atoms with E-state index in [1.807, 2.05) is 12.1 Å². The zero-order valence-electron chi connectivity index (χ0n) is 6.90. The monoisotopic (exact) mass is 179 g/mol. The summed E-state index contributed by atoms with van der Waals surface area (Å²) < 4.78 is 10.2. The molecule has 1 aliphatic rings. The van der Waals surface area contributed by atoms with E-state index in [0.717, 1.165) is 0 Å². The van der Waals surface area contributed by atoms with E-state index in [-0.39, 0.29) is 6.79 Å². The zero-order valence-corrected chi connectivity index (χ0v) is 6.90. The fraction of sp³-hybridized carbons (Fsp3) is 0.222. The Hall–Kier alpha value is -1.55. The third-order valence-electron chi connectivity index (χ3n) is 1.91. The fourth-order valence-corrected chi connectivity index (χ4v) is 1.32.